The summed E-state index contributed by atoms with van der Waals surface area (Å²) >= 11 is 0. The first-order valence-electron chi connectivity index (χ1n) is 9.45. The average molecular weight is 404 g/mol. The van der Waals surface area contributed by atoms with Crippen molar-refractivity contribution in [3.05, 3.63) is 76.9 Å². The fourth-order valence-corrected chi connectivity index (χ4v) is 2.97. The lowest BCUT2D eigenvalue weighted by molar-refractivity contribution is 0.311. The van der Waals surface area contributed by atoms with Gasteiger partial charge in [0.1, 0.15) is 6.54 Å². The van der Waals surface area contributed by atoms with Crippen molar-refractivity contribution >= 4 is 0 Å². The molecule has 4 aromatic rings. The van der Waals surface area contributed by atoms with E-state index in [1.807, 2.05) is 43.3 Å². The highest BCUT2D eigenvalue weighted by Crippen LogP contribution is 2.31. The molecule has 30 heavy (non-hydrogen) atoms. The van der Waals surface area contributed by atoms with Crippen molar-refractivity contribution in [1.82, 2.24) is 19.9 Å². The molecule has 2 aromatic heterocycles. The Morgan fingerprint density at radius 2 is 1.83 bits per heavy atom. The first kappa shape index (κ1) is 19.4. The van der Waals surface area contributed by atoms with E-state index >= 15 is 0 Å². The fourth-order valence-electron chi connectivity index (χ4n) is 2.97. The zero-order valence-electron chi connectivity index (χ0n) is 16.6. The molecule has 8 heteroatoms. The molecule has 0 unspecified atom stereocenters. The van der Waals surface area contributed by atoms with Crippen LogP contribution in [0.25, 0.3) is 22.6 Å². The minimum Gasteiger partial charge on any atom is -0.493 e. The Balaban J connectivity index is 1.59. The Morgan fingerprint density at radius 3 is 2.60 bits per heavy atom. The number of benzene rings is 2. The lowest BCUT2D eigenvalue weighted by atomic mass is 10.1. The molecule has 0 amide bonds. The molecule has 0 N–H and O–H groups in total. The summed E-state index contributed by atoms with van der Waals surface area (Å²) in [6.07, 6.45) is 0. The van der Waals surface area contributed by atoms with Crippen LogP contribution in [0.4, 0.5) is 0 Å². The van der Waals surface area contributed by atoms with Gasteiger partial charge in [-0.1, -0.05) is 35.5 Å². The monoisotopic (exact) mass is 404 g/mol. The van der Waals surface area contributed by atoms with Crippen LogP contribution in [0, 0.1) is 0 Å². The summed E-state index contributed by atoms with van der Waals surface area (Å²) in [5, 5.41) is 8.44. The number of hydrogen-bond donors (Lipinski definition) is 0. The first-order chi connectivity index (χ1) is 14.7. The normalized spacial score (nSPS) is 10.7. The van der Waals surface area contributed by atoms with E-state index in [0.717, 1.165) is 5.56 Å². The van der Waals surface area contributed by atoms with E-state index in [2.05, 4.69) is 15.2 Å². The maximum atomic E-state index is 12.2. The second-order valence-electron chi connectivity index (χ2n) is 6.39. The molecule has 0 saturated carbocycles. The lowest BCUT2D eigenvalue weighted by Gasteiger charge is -2.09. The predicted octanol–water partition coefficient (Wildman–Crippen LogP) is 3.42. The third-order valence-corrected chi connectivity index (χ3v) is 4.41. The molecule has 0 saturated heterocycles. The van der Waals surface area contributed by atoms with Crippen molar-refractivity contribution in [2.75, 3.05) is 13.7 Å². The molecule has 2 heterocycles. The second kappa shape index (κ2) is 8.60. The largest absolute Gasteiger partial charge is 0.493 e. The van der Waals surface area contributed by atoms with Gasteiger partial charge in [0.05, 0.1) is 19.4 Å². The standard InChI is InChI=1S/C22H20N4O4/c1-3-29-18-11-9-16(13-19(18)28-2)22-23-20(30-25-22)14-26-21(27)12-10-17(24-26)15-7-5-4-6-8-15/h4-13H,3,14H2,1-2H3. The topological polar surface area (TPSA) is 92.3 Å². The number of aromatic nitrogens is 4. The molecule has 4 rings (SSSR count). The van der Waals surface area contributed by atoms with Crippen molar-refractivity contribution in [1.29, 1.82) is 0 Å². The van der Waals surface area contributed by atoms with E-state index in [-0.39, 0.29) is 18.0 Å². The summed E-state index contributed by atoms with van der Waals surface area (Å²) in [5.41, 5.74) is 2.06. The fraction of sp³-hybridized carbons (Fsp3) is 0.182. The minimum absolute atomic E-state index is 0.0701. The quantitative estimate of drug-likeness (QED) is 0.466. The highest BCUT2D eigenvalue weighted by molar-refractivity contribution is 5.61. The Hall–Kier alpha value is -3.94. The number of ether oxygens (including phenoxy) is 2. The molecule has 0 aliphatic carbocycles. The Kier molecular flexibility index (Phi) is 5.56. The smallest absolute Gasteiger partial charge is 0.267 e. The van der Waals surface area contributed by atoms with Crippen LogP contribution < -0.4 is 15.0 Å². The van der Waals surface area contributed by atoms with E-state index < -0.39 is 0 Å². The van der Waals surface area contributed by atoms with Crippen LogP contribution in [0.2, 0.25) is 0 Å². The molecule has 0 bridgehead atoms. The van der Waals surface area contributed by atoms with Gasteiger partial charge >= 0.3 is 0 Å². The molecule has 0 atom stereocenters. The SMILES string of the molecule is CCOc1ccc(-c2noc(Cn3nc(-c4ccccc4)ccc3=O)n2)cc1OC. The maximum Gasteiger partial charge on any atom is 0.267 e. The van der Waals surface area contributed by atoms with Gasteiger partial charge in [-0.15, -0.1) is 0 Å². The maximum absolute atomic E-state index is 12.2. The summed E-state index contributed by atoms with van der Waals surface area (Å²) in [6, 6.07) is 18.2. The predicted molar refractivity (Wildman–Crippen MR) is 110 cm³/mol. The van der Waals surface area contributed by atoms with Gasteiger partial charge in [-0.2, -0.15) is 10.1 Å². The van der Waals surface area contributed by atoms with Crippen LogP contribution in [0.1, 0.15) is 12.8 Å². The van der Waals surface area contributed by atoms with Crippen molar-refractivity contribution in [3.8, 4) is 34.1 Å². The van der Waals surface area contributed by atoms with Crippen LogP contribution in [0.3, 0.4) is 0 Å². The second-order valence-corrected chi connectivity index (χ2v) is 6.39. The molecule has 0 aliphatic heterocycles. The third-order valence-electron chi connectivity index (χ3n) is 4.41. The van der Waals surface area contributed by atoms with Gasteiger partial charge < -0.3 is 14.0 Å². The van der Waals surface area contributed by atoms with Crippen molar-refractivity contribution in [2.45, 2.75) is 13.5 Å². The highest BCUT2D eigenvalue weighted by atomic mass is 16.5. The van der Waals surface area contributed by atoms with Crippen molar-refractivity contribution < 1.29 is 14.0 Å². The molecule has 0 fully saturated rings. The summed E-state index contributed by atoms with van der Waals surface area (Å²) in [7, 11) is 1.57. The zero-order valence-corrected chi connectivity index (χ0v) is 16.6. The van der Waals surface area contributed by atoms with Crippen molar-refractivity contribution in [2.24, 2.45) is 0 Å². The zero-order chi connectivity index (χ0) is 20.9. The van der Waals surface area contributed by atoms with Gasteiger partial charge in [0.2, 0.25) is 11.7 Å². The van der Waals surface area contributed by atoms with Gasteiger partial charge in [-0.25, -0.2) is 4.68 Å². The molecular weight excluding hydrogens is 384 g/mol. The van der Waals surface area contributed by atoms with Gasteiger partial charge in [0, 0.05) is 17.2 Å². The van der Waals surface area contributed by atoms with Crippen LogP contribution in [0.5, 0.6) is 11.5 Å². The number of methoxy groups -OCH3 is 1. The van der Waals surface area contributed by atoms with Crippen LogP contribution in [-0.4, -0.2) is 33.6 Å². The van der Waals surface area contributed by atoms with Gasteiger partial charge in [-0.3, -0.25) is 4.79 Å². The van der Waals surface area contributed by atoms with E-state index in [4.69, 9.17) is 14.0 Å². The van der Waals surface area contributed by atoms with Crippen LogP contribution >= 0.6 is 0 Å². The third kappa shape index (κ3) is 4.07. The molecule has 8 nitrogen and oxygen atoms in total. The average Bonchev–Trinajstić information content (AvgIpc) is 3.25. The van der Waals surface area contributed by atoms with Crippen LogP contribution in [0.15, 0.2) is 70.0 Å². The summed E-state index contributed by atoms with van der Waals surface area (Å²) in [5.74, 6) is 1.88. The molecule has 0 aliphatic rings. The van der Waals surface area contributed by atoms with E-state index in [9.17, 15) is 4.79 Å². The Labute approximate surface area is 172 Å². The molecule has 2 aromatic carbocycles. The summed E-state index contributed by atoms with van der Waals surface area (Å²) in [4.78, 5) is 16.6. The number of rotatable bonds is 7. The molecule has 0 radical (unpaired) electrons. The van der Waals surface area contributed by atoms with E-state index in [1.54, 1.807) is 25.3 Å². The summed E-state index contributed by atoms with van der Waals surface area (Å²) in [6.45, 7) is 2.51. The first-order valence-corrected chi connectivity index (χ1v) is 9.45. The molecular formula is C22H20N4O4. The van der Waals surface area contributed by atoms with Gasteiger partial charge in [-0.05, 0) is 31.2 Å². The van der Waals surface area contributed by atoms with Gasteiger partial charge in [0.15, 0.2) is 11.5 Å². The lowest BCUT2D eigenvalue weighted by Crippen LogP contribution is -2.23. The van der Waals surface area contributed by atoms with E-state index in [0.29, 0.717) is 35.2 Å². The van der Waals surface area contributed by atoms with Gasteiger partial charge in [0.25, 0.3) is 5.56 Å². The number of nitrogens with zero attached hydrogens (tertiary/aromatic N) is 4. The minimum atomic E-state index is -0.253. The number of hydrogen-bond acceptors (Lipinski definition) is 7. The summed E-state index contributed by atoms with van der Waals surface area (Å²) < 4.78 is 17.5. The Morgan fingerprint density at radius 1 is 1.00 bits per heavy atom. The van der Waals surface area contributed by atoms with E-state index in [1.165, 1.54) is 10.7 Å². The Bertz CT molecular complexity index is 1200. The van der Waals surface area contributed by atoms with Crippen molar-refractivity contribution in [3.63, 3.8) is 0 Å². The molecule has 0 spiro atoms. The van der Waals surface area contributed by atoms with Crippen LogP contribution in [-0.2, 0) is 6.54 Å². The highest BCUT2D eigenvalue weighted by Gasteiger charge is 2.14. The molecule has 152 valence electrons.